The van der Waals surface area contributed by atoms with Gasteiger partial charge in [-0.05, 0) is 60.7 Å². The number of carbonyl (C=O) groups excluding carboxylic acids is 2. The summed E-state index contributed by atoms with van der Waals surface area (Å²) in [5.74, 6) is 0.307. The molecule has 2 N–H and O–H groups in total. The lowest BCUT2D eigenvalue weighted by atomic mass is 10.1. The number of benzene rings is 2. The number of rotatable bonds is 4. The fourth-order valence-electron chi connectivity index (χ4n) is 2.73. The molecule has 2 aromatic carbocycles. The SMILES string of the molecule is O=C(Nc1ccc(NC(=O)c2ccco2)cc1)C1=Cc2cc(Cl)ccc2OC1. The van der Waals surface area contributed by atoms with Gasteiger partial charge in [0.05, 0.1) is 11.8 Å². The Kier molecular flexibility index (Phi) is 4.87. The molecule has 0 unspecified atom stereocenters. The van der Waals surface area contributed by atoms with Gasteiger partial charge in [-0.2, -0.15) is 0 Å². The van der Waals surface area contributed by atoms with Crippen LogP contribution >= 0.6 is 11.6 Å². The van der Waals surface area contributed by atoms with Crippen LogP contribution in [0.5, 0.6) is 5.75 Å². The highest BCUT2D eigenvalue weighted by Gasteiger charge is 2.18. The van der Waals surface area contributed by atoms with Crippen LogP contribution in [-0.2, 0) is 4.79 Å². The van der Waals surface area contributed by atoms with Crippen LogP contribution in [0.2, 0.25) is 5.02 Å². The lowest BCUT2D eigenvalue weighted by Crippen LogP contribution is -2.21. The number of anilines is 2. The highest BCUT2D eigenvalue weighted by atomic mass is 35.5. The van der Waals surface area contributed by atoms with Gasteiger partial charge in [0, 0.05) is 22.0 Å². The Bertz CT molecular complexity index is 1060. The summed E-state index contributed by atoms with van der Waals surface area (Å²) in [5, 5.41) is 6.11. The van der Waals surface area contributed by atoms with E-state index in [4.69, 9.17) is 20.8 Å². The Balaban J connectivity index is 1.42. The first-order valence-corrected chi connectivity index (χ1v) is 8.85. The molecule has 0 radical (unpaired) electrons. The summed E-state index contributed by atoms with van der Waals surface area (Å²) < 4.78 is 10.7. The van der Waals surface area contributed by atoms with Gasteiger partial charge in [0.25, 0.3) is 11.8 Å². The topological polar surface area (TPSA) is 80.6 Å². The van der Waals surface area contributed by atoms with Gasteiger partial charge in [0.15, 0.2) is 5.76 Å². The van der Waals surface area contributed by atoms with Crippen LogP contribution < -0.4 is 15.4 Å². The number of halogens is 1. The first-order valence-electron chi connectivity index (χ1n) is 8.48. The van der Waals surface area contributed by atoms with Gasteiger partial charge < -0.3 is 19.8 Å². The molecule has 2 heterocycles. The standard InChI is InChI=1S/C21H15ClN2O4/c22-15-3-8-18-13(11-15)10-14(12-28-18)20(25)23-16-4-6-17(7-5-16)24-21(26)19-2-1-9-27-19/h1-11H,12H2,(H,23,25)(H,24,26). The van der Waals surface area contributed by atoms with Gasteiger partial charge in [-0.15, -0.1) is 0 Å². The van der Waals surface area contributed by atoms with Gasteiger partial charge in [0.1, 0.15) is 12.4 Å². The van der Waals surface area contributed by atoms with E-state index in [-0.39, 0.29) is 24.2 Å². The first kappa shape index (κ1) is 17.9. The lowest BCUT2D eigenvalue weighted by molar-refractivity contribution is -0.113. The first-order chi connectivity index (χ1) is 13.6. The van der Waals surface area contributed by atoms with E-state index in [1.165, 1.54) is 6.26 Å². The lowest BCUT2D eigenvalue weighted by Gasteiger charge is -2.18. The van der Waals surface area contributed by atoms with Gasteiger partial charge in [0.2, 0.25) is 0 Å². The van der Waals surface area contributed by atoms with E-state index in [0.717, 1.165) is 5.56 Å². The van der Waals surface area contributed by atoms with Crippen molar-refractivity contribution in [3.8, 4) is 5.75 Å². The summed E-state index contributed by atoms with van der Waals surface area (Å²) in [6.45, 7) is 0.178. The number of furan rings is 1. The molecule has 1 aliphatic heterocycles. The van der Waals surface area contributed by atoms with Crippen molar-refractivity contribution in [1.82, 2.24) is 0 Å². The van der Waals surface area contributed by atoms with Crippen LogP contribution in [0.4, 0.5) is 11.4 Å². The summed E-state index contributed by atoms with van der Waals surface area (Å²) in [5.41, 5.74) is 2.44. The molecule has 2 amide bonds. The maximum Gasteiger partial charge on any atom is 0.291 e. The highest BCUT2D eigenvalue weighted by Crippen LogP contribution is 2.29. The van der Waals surface area contributed by atoms with Crippen LogP contribution in [0.1, 0.15) is 16.1 Å². The Labute approximate surface area is 165 Å². The minimum Gasteiger partial charge on any atom is -0.488 e. The molecule has 28 heavy (non-hydrogen) atoms. The summed E-state index contributed by atoms with van der Waals surface area (Å²) >= 11 is 6.00. The Morgan fingerprint density at radius 3 is 2.32 bits per heavy atom. The van der Waals surface area contributed by atoms with Crippen LogP contribution in [0.15, 0.2) is 70.9 Å². The third-order valence-electron chi connectivity index (χ3n) is 4.12. The molecule has 1 aromatic heterocycles. The average molecular weight is 395 g/mol. The monoisotopic (exact) mass is 394 g/mol. The third kappa shape index (κ3) is 3.92. The van der Waals surface area contributed by atoms with Crippen molar-refractivity contribution in [3.05, 3.63) is 82.8 Å². The quantitative estimate of drug-likeness (QED) is 0.677. The van der Waals surface area contributed by atoms with Crippen LogP contribution in [0.3, 0.4) is 0 Å². The molecule has 7 heteroatoms. The summed E-state index contributed by atoms with van der Waals surface area (Å²) in [4.78, 5) is 24.5. The highest BCUT2D eigenvalue weighted by molar-refractivity contribution is 6.30. The molecule has 3 aromatic rings. The minimum atomic E-state index is -0.344. The third-order valence-corrected chi connectivity index (χ3v) is 4.36. The van der Waals surface area contributed by atoms with E-state index < -0.39 is 0 Å². The molecule has 4 rings (SSSR count). The maximum absolute atomic E-state index is 12.5. The fraction of sp³-hybridized carbons (Fsp3) is 0.0476. The van der Waals surface area contributed by atoms with E-state index in [1.807, 2.05) is 0 Å². The number of carbonyl (C=O) groups is 2. The summed E-state index contributed by atoms with van der Waals surface area (Å²) in [6.07, 6.45) is 3.20. The number of hydrogen-bond acceptors (Lipinski definition) is 4. The number of amides is 2. The molecule has 0 atom stereocenters. The van der Waals surface area contributed by atoms with Crippen molar-refractivity contribution in [2.45, 2.75) is 0 Å². The number of fused-ring (bicyclic) bond motifs is 1. The van der Waals surface area contributed by atoms with Crippen LogP contribution in [0, 0.1) is 0 Å². The molecule has 0 saturated carbocycles. The second kappa shape index (κ2) is 7.62. The minimum absolute atomic E-state index is 0.178. The van der Waals surface area contributed by atoms with E-state index in [1.54, 1.807) is 60.7 Å². The zero-order valence-corrected chi connectivity index (χ0v) is 15.3. The Morgan fingerprint density at radius 1 is 0.929 bits per heavy atom. The molecule has 140 valence electrons. The molecule has 0 fully saturated rings. The number of ether oxygens (including phenoxy) is 1. The van der Waals surface area contributed by atoms with Crippen molar-refractivity contribution >= 4 is 40.9 Å². The van der Waals surface area contributed by atoms with Crippen LogP contribution in [-0.4, -0.2) is 18.4 Å². The fourth-order valence-corrected chi connectivity index (χ4v) is 2.91. The predicted octanol–water partition coefficient (Wildman–Crippen LogP) is 4.60. The normalized spacial score (nSPS) is 12.4. The second-order valence-corrected chi connectivity index (χ2v) is 6.54. The zero-order valence-electron chi connectivity index (χ0n) is 14.6. The number of nitrogens with one attached hydrogen (secondary N) is 2. The second-order valence-electron chi connectivity index (χ2n) is 6.10. The van der Waals surface area contributed by atoms with E-state index >= 15 is 0 Å². The molecule has 0 saturated heterocycles. The molecular formula is C21H15ClN2O4. The zero-order chi connectivity index (χ0) is 19.5. The smallest absolute Gasteiger partial charge is 0.291 e. The predicted molar refractivity (Wildman–Crippen MR) is 107 cm³/mol. The van der Waals surface area contributed by atoms with Crippen molar-refractivity contribution in [2.75, 3.05) is 17.2 Å². The van der Waals surface area contributed by atoms with Gasteiger partial charge in [-0.3, -0.25) is 9.59 Å². The van der Waals surface area contributed by atoms with Gasteiger partial charge in [-0.25, -0.2) is 0 Å². The van der Waals surface area contributed by atoms with E-state index in [2.05, 4.69) is 10.6 Å². The molecule has 0 bridgehead atoms. The van der Waals surface area contributed by atoms with Gasteiger partial charge in [-0.1, -0.05) is 11.6 Å². The molecule has 0 spiro atoms. The Hall–Kier alpha value is -3.51. The largest absolute Gasteiger partial charge is 0.488 e. The summed E-state index contributed by atoms with van der Waals surface area (Å²) in [7, 11) is 0. The average Bonchev–Trinajstić information content (AvgIpc) is 3.24. The van der Waals surface area contributed by atoms with Gasteiger partial charge >= 0.3 is 0 Å². The molecular weight excluding hydrogens is 380 g/mol. The van der Waals surface area contributed by atoms with Crippen molar-refractivity contribution in [1.29, 1.82) is 0 Å². The van der Waals surface area contributed by atoms with Crippen molar-refractivity contribution < 1.29 is 18.7 Å². The Morgan fingerprint density at radius 2 is 1.64 bits per heavy atom. The van der Waals surface area contributed by atoms with Crippen LogP contribution in [0.25, 0.3) is 6.08 Å². The summed E-state index contributed by atoms with van der Waals surface area (Å²) in [6, 6.07) is 15.3. The molecule has 0 aliphatic carbocycles. The van der Waals surface area contributed by atoms with E-state index in [0.29, 0.717) is 27.7 Å². The maximum atomic E-state index is 12.5. The number of hydrogen-bond donors (Lipinski definition) is 2. The van der Waals surface area contributed by atoms with Crippen molar-refractivity contribution in [2.24, 2.45) is 0 Å². The van der Waals surface area contributed by atoms with E-state index in [9.17, 15) is 9.59 Å². The molecule has 6 nitrogen and oxygen atoms in total. The van der Waals surface area contributed by atoms with Crippen molar-refractivity contribution in [3.63, 3.8) is 0 Å². The molecule has 1 aliphatic rings.